The number of aryl methyl sites for hydroxylation is 1. The van der Waals surface area contributed by atoms with Gasteiger partial charge in [0.2, 0.25) is 0 Å². The number of halogens is 2. The van der Waals surface area contributed by atoms with Gasteiger partial charge in [-0.1, -0.05) is 23.9 Å². The van der Waals surface area contributed by atoms with E-state index < -0.39 is 6.61 Å². The lowest BCUT2D eigenvalue weighted by Crippen LogP contribution is -2.06. The number of ketones is 1. The number of Topliss-reactive ketones (excluding diaryl/α,β-unsaturated/α-hetero) is 1. The van der Waals surface area contributed by atoms with Crippen molar-refractivity contribution >= 4 is 17.5 Å². The average molecular weight is 298 g/mol. The van der Waals surface area contributed by atoms with E-state index >= 15 is 0 Å². The Balaban J connectivity index is 2.00. The van der Waals surface area contributed by atoms with E-state index in [2.05, 4.69) is 9.72 Å². The van der Waals surface area contributed by atoms with E-state index in [0.717, 1.165) is 5.16 Å². The summed E-state index contributed by atoms with van der Waals surface area (Å²) in [5, 5.41) is 0.721. The molecule has 2 rings (SSSR count). The number of nitrogens with zero attached hydrogens (tertiary/aromatic N) is 2. The highest BCUT2D eigenvalue weighted by atomic mass is 32.2. The molecule has 0 aliphatic rings. The van der Waals surface area contributed by atoms with Crippen LogP contribution in [0.5, 0.6) is 5.75 Å². The zero-order valence-electron chi connectivity index (χ0n) is 10.6. The first-order valence-corrected chi connectivity index (χ1v) is 6.73. The third-order valence-electron chi connectivity index (χ3n) is 2.49. The van der Waals surface area contributed by atoms with E-state index in [4.69, 9.17) is 0 Å². The molecule has 106 valence electrons. The van der Waals surface area contributed by atoms with E-state index in [9.17, 15) is 13.6 Å². The lowest BCUT2D eigenvalue weighted by Gasteiger charge is -2.06. The highest BCUT2D eigenvalue weighted by Crippen LogP contribution is 2.20. The van der Waals surface area contributed by atoms with Gasteiger partial charge in [-0.2, -0.15) is 8.78 Å². The molecule has 1 aromatic heterocycles. The molecule has 0 aliphatic carbocycles. The van der Waals surface area contributed by atoms with Crippen LogP contribution in [0.3, 0.4) is 0 Å². The minimum atomic E-state index is -2.90. The van der Waals surface area contributed by atoms with Gasteiger partial charge in [0.05, 0.1) is 5.75 Å². The van der Waals surface area contributed by atoms with E-state index in [1.54, 1.807) is 23.0 Å². The lowest BCUT2D eigenvalue weighted by molar-refractivity contribution is -0.0498. The molecule has 0 spiro atoms. The fourth-order valence-corrected chi connectivity index (χ4v) is 2.38. The monoisotopic (exact) mass is 298 g/mol. The Labute approximate surface area is 118 Å². The number of ether oxygens (including phenoxy) is 1. The average Bonchev–Trinajstić information content (AvgIpc) is 2.81. The molecule has 0 bridgehead atoms. The van der Waals surface area contributed by atoms with Crippen molar-refractivity contribution in [2.45, 2.75) is 11.8 Å². The van der Waals surface area contributed by atoms with Crippen LogP contribution in [-0.4, -0.2) is 27.7 Å². The fraction of sp³-hybridized carbons (Fsp3) is 0.231. The number of carbonyl (C=O) groups is 1. The maximum atomic E-state index is 12.1. The molecule has 4 nitrogen and oxygen atoms in total. The van der Waals surface area contributed by atoms with Gasteiger partial charge >= 0.3 is 6.61 Å². The molecule has 7 heteroatoms. The van der Waals surface area contributed by atoms with Crippen LogP contribution in [0.25, 0.3) is 0 Å². The SMILES string of the molecule is Cn1ccnc1SCC(=O)c1cccc(OC(F)F)c1. The Morgan fingerprint density at radius 2 is 2.30 bits per heavy atom. The van der Waals surface area contributed by atoms with E-state index in [1.807, 2.05) is 7.05 Å². The summed E-state index contributed by atoms with van der Waals surface area (Å²) >= 11 is 1.29. The second-order valence-electron chi connectivity index (χ2n) is 3.94. The second kappa shape index (κ2) is 6.51. The largest absolute Gasteiger partial charge is 0.435 e. The van der Waals surface area contributed by atoms with Crippen molar-refractivity contribution in [3.8, 4) is 5.75 Å². The lowest BCUT2D eigenvalue weighted by atomic mass is 10.1. The zero-order chi connectivity index (χ0) is 14.5. The van der Waals surface area contributed by atoms with E-state index in [0.29, 0.717) is 5.56 Å². The minimum absolute atomic E-state index is 0.0205. The zero-order valence-corrected chi connectivity index (χ0v) is 11.4. The molecule has 0 saturated heterocycles. The normalized spacial score (nSPS) is 10.8. The highest BCUT2D eigenvalue weighted by Gasteiger charge is 2.11. The van der Waals surface area contributed by atoms with Gasteiger partial charge < -0.3 is 9.30 Å². The predicted octanol–water partition coefficient (Wildman–Crippen LogP) is 3.00. The number of alkyl halides is 2. The molecular weight excluding hydrogens is 286 g/mol. The topological polar surface area (TPSA) is 44.1 Å². The summed E-state index contributed by atoms with van der Waals surface area (Å²) < 4.78 is 30.3. The molecule has 0 radical (unpaired) electrons. The number of carbonyl (C=O) groups excluding carboxylic acids is 1. The van der Waals surface area contributed by atoms with E-state index in [-0.39, 0.29) is 17.3 Å². The Morgan fingerprint density at radius 1 is 1.50 bits per heavy atom. The molecule has 0 aliphatic heterocycles. The maximum absolute atomic E-state index is 12.1. The number of hydrogen-bond donors (Lipinski definition) is 0. The van der Waals surface area contributed by atoms with Crippen molar-refractivity contribution in [2.75, 3.05) is 5.75 Å². The Morgan fingerprint density at radius 3 is 2.95 bits per heavy atom. The van der Waals surface area contributed by atoms with Gasteiger partial charge in [-0.15, -0.1) is 0 Å². The van der Waals surface area contributed by atoms with Gasteiger partial charge in [-0.05, 0) is 12.1 Å². The highest BCUT2D eigenvalue weighted by molar-refractivity contribution is 7.99. The number of benzene rings is 1. The van der Waals surface area contributed by atoms with Gasteiger partial charge in [0, 0.05) is 25.0 Å². The second-order valence-corrected chi connectivity index (χ2v) is 4.88. The summed E-state index contributed by atoms with van der Waals surface area (Å²) in [6, 6.07) is 5.78. The Bertz CT molecular complexity index is 602. The van der Waals surface area contributed by atoms with E-state index in [1.165, 1.54) is 30.0 Å². The van der Waals surface area contributed by atoms with Crippen molar-refractivity contribution in [3.63, 3.8) is 0 Å². The first-order valence-electron chi connectivity index (χ1n) is 5.74. The van der Waals surface area contributed by atoms with Crippen LogP contribution in [0, 0.1) is 0 Å². The third-order valence-corrected chi connectivity index (χ3v) is 3.55. The molecule has 0 saturated carbocycles. The van der Waals surface area contributed by atoms with Crippen molar-refractivity contribution in [1.29, 1.82) is 0 Å². The molecule has 0 N–H and O–H groups in total. The standard InChI is InChI=1S/C13H12F2N2O2S/c1-17-6-5-16-13(17)20-8-11(18)9-3-2-4-10(7-9)19-12(14)15/h2-7,12H,8H2,1H3. The summed E-state index contributed by atoms with van der Waals surface area (Å²) in [4.78, 5) is 16.1. The number of thioether (sulfide) groups is 1. The summed E-state index contributed by atoms with van der Waals surface area (Å²) in [7, 11) is 1.83. The molecule has 1 heterocycles. The number of imidazole rings is 1. The molecule has 0 amide bonds. The van der Waals surface area contributed by atoms with Crippen LogP contribution in [0.2, 0.25) is 0 Å². The number of hydrogen-bond acceptors (Lipinski definition) is 4. The Kier molecular flexibility index (Phi) is 4.73. The first kappa shape index (κ1) is 14.5. The van der Waals surface area contributed by atoms with Gasteiger partial charge in [-0.3, -0.25) is 4.79 Å². The molecule has 0 unspecified atom stereocenters. The fourth-order valence-electron chi connectivity index (χ4n) is 1.55. The quantitative estimate of drug-likeness (QED) is 0.607. The van der Waals surface area contributed by atoms with Crippen LogP contribution in [-0.2, 0) is 7.05 Å². The smallest absolute Gasteiger partial charge is 0.387 e. The summed E-state index contributed by atoms with van der Waals surface area (Å²) in [6.07, 6.45) is 3.42. The molecule has 0 atom stereocenters. The summed E-state index contributed by atoms with van der Waals surface area (Å²) in [5.74, 6) is -0.00578. The number of aromatic nitrogens is 2. The molecule has 2 aromatic rings. The molecular formula is C13H12F2N2O2S. The molecule has 1 aromatic carbocycles. The summed E-state index contributed by atoms with van der Waals surface area (Å²) in [6.45, 7) is -2.90. The third kappa shape index (κ3) is 3.80. The van der Waals surface area contributed by atoms with Crippen LogP contribution in [0.4, 0.5) is 8.78 Å². The van der Waals surface area contributed by atoms with Gasteiger partial charge in [0.1, 0.15) is 5.75 Å². The maximum Gasteiger partial charge on any atom is 0.387 e. The van der Waals surface area contributed by atoms with Gasteiger partial charge in [0.15, 0.2) is 10.9 Å². The Hall–Kier alpha value is -1.89. The van der Waals surface area contributed by atoms with Gasteiger partial charge in [0.25, 0.3) is 0 Å². The summed E-state index contributed by atoms with van der Waals surface area (Å²) in [5.41, 5.74) is 0.338. The van der Waals surface area contributed by atoms with Crippen LogP contribution >= 0.6 is 11.8 Å². The predicted molar refractivity (Wildman–Crippen MR) is 71.3 cm³/mol. The number of rotatable bonds is 6. The van der Waals surface area contributed by atoms with Gasteiger partial charge in [-0.25, -0.2) is 4.98 Å². The molecule has 20 heavy (non-hydrogen) atoms. The van der Waals surface area contributed by atoms with Crippen LogP contribution in [0.1, 0.15) is 10.4 Å². The van der Waals surface area contributed by atoms with Crippen molar-refractivity contribution in [1.82, 2.24) is 9.55 Å². The minimum Gasteiger partial charge on any atom is -0.435 e. The van der Waals surface area contributed by atoms with Crippen LogP contribution < -0.4 is 4.74 Å². The van der Waals surface area contributed by atoms with Crippen molar-refractivity contribution in [3.05, 3.63) is 42.2 Å². The van der Waals surface area contributed by atoms with Crippen molar-refractivity contribution in [2.24, 2.45) is 7.05 Å². The van der Waals surface area contributed by atoms with Crippen LogP contribution in [0.15, 0.2) is 41.8 Å². The molecule has 0 fully saturated rings. The first-order chi connectivity index (χ1) is 9.56. The van der Waals surface area contributed by atoms with Crippen molar-refractivity contribution < 1.29 is 18.3 Å².